The first-order valence-electron chi connectivity index (χ1n) is 8.94. The molecule has 0 aliphatic rings. The van der Waals surface area contributed by atoms with Crippen LogP contribution in [0.5, 0.6) is 0 Å². The van der Waals surface area contributed by atoms with Crippen molar-refractivity contribution in [2.45, 2.75) is 32.2 Å². The fourth-order valence-corrected chi connectivity index (χ4v) is 3.72. The molecule has 0 bridgehead atoms. The monoisotopic (exact) mass is 404 g/mol. The second-order valence-corrected chi connectivity index (χ2v) is 7.62. The van der Waals surface area contributed by atoms with Crippen molar-refractivity contribution in [1.29, 1.82) is 0 Å². The molecule has 0 saturated heterocycles. The summed E-state index contributed by atoms with van der Waals surface area (Å²) in [4.78, 5) is 26.8. The fraction of sp³-hybridized carbons (Fsp3) is 0.333. The second-order valence-electron chi connectivity index (χ2n) is 6.20. The average molecular weight is 405 g/mol. The highest BCUT2D eigenvalue weighted by atomic mass is 35.5. The van der Waals surface area contributed by atoms with E-state index in [1.54, 1.807) is 11.8 Å². The molecule has 0 aliphatic carbocycles. The van der Waals surface area contributed by atoms with Gasteiger partial charge in [0.05, 0.1) is 5.75 Å². The molecule has 2 amide bonds. The maximum Gasteiger partial charge on any atom is 0.242 e. The van der Waals surface area contributed by atoms with Gasteiger partial charge in [0.15, 0.2) is 0 Å². The molecule has 0 saturated carbocycles. The molecule has 2 aromatic rings. The van der Waals surface area contributed by atoms with E-state index >= 15 is 0 Å². The van der Waals surface area contributed by atoms with E-state index in [-0.39, 0.29) is 11.8 Å². The minimum Gasteiger partial charge on any atom is -0.355 e. The quantitative estimate of drug-likeness (QED) is 0.683. The Morgan fingerprint density at radius 1 is 1.11 bits per heavy atom. The van der Waals surface area contributed by atoms with E-state index in [1.807, 2.05) is 61.5 Å². The maximum absolute atomic E-state index is 12.9. The van der Waals surface area contributed by atoms with Gasteiger partial charge in [-0.2, -0.15) is 0 Å². The highest BCUT2D eigenvalue weighted by Gasteiger charge is 2.25. The largest absolute Gasteiger partial charge is 0.355 e. The van der Waals surface area contributed by atoms with E-state index in [0.717, 1.165) is 11.1 Å². The van der Waals surface area contributed by atoms with Crippen LogP contribution in [-0.2, 0) is 21.9 Å². The zero-order valence-corrected chi connectivity index (χ0v) is 17.2. The number of halogens is 1. The van der Waals surface area contributed by atoms with Crippen molar-refractivity contribution in [2.75, 3.05) is 12.3 Å². The molecule has 0 unspecified atom stereocenters. The Morgan fingerprint density at radius 2 is 1.81 bits per heavy atom. The minimum absolute atomic E-state index is 0.0513. The molecule has 0 spiro atoms. The van der Waals surface area contributed by atoms with Crippen molar-refractivity contribution in [3.8, 4) is 0 Å². The first-order valence-corrected chi connectivity index (χ1v) is 10.5. The van der Waals surface area contributed by atoms with Crippen LogP contribution in [-0.4, -0.2) is 35.1 Å². The Labute approximate surface area is 170 Å². The molecule has 0 radical (unpaired) electrons. The van der Waals surface area contributed by atoms with Gasteiger partial charge < -0.3 is 10.2 Å². The maximum atomic E-state index is 12.9. The van der Waals surface area contributed by atoms with Crippen molar-refractivity contribution in [3.63, 3.8) is 0 Å². The Morgan fingerprint density at radius 3 is 2.48 bits per heavy atom. The van der Waals surface area contributed by atoms with Gasteiger partial charge in [-0.05, 0) is 37.1 Å². The van der Waals surface area contributed by atoms with Crippen molar-refractivity contribution in [1.82, 2.24) is 10.2 Å². The summed E-state index contributed by atoms with van der Waals surface area (Å²) in [6.07, 6.45) is 0. The molecule has 27 heavy (non-hydrogen) atoms. The summed E-state index contributed by atoms with van der Waals surface area (Å²) in [6, 6.07) is 16.8. The molecular formula is C21H25ClN2O2S. The molecule has 2 aromatic carbocycles. The van der Waals surface area contributed by atoms with Crippen LogP contribution in [0.4, 0.5) is 0 Å². The molecule has 0 aromatic heterocycles. The van der Waals surface area contributed by atoms with E-state index in [4.69, 9.17) is 11.6 Å². The van der Waals surface area contributed by atoms with Crippen LogP contribution in [0.15, 0.2) is 54.6 Å². The van der Waals surface area contributed by atoms with Gasteiger partial charge in [0, 0.05) is 23.9 Å². The minimum atomic E-state index is -0.524. The van der Waals surface area contributed by atoms with Crippen LogP contribution in [0.3, 0.4) is 0 Å². The van der Waals surface area contributed by atoms with E-state index in [9.17, 15) is 9.59 Å². The van der Waals surface area contributed by atoms with Crippen LogP contribution >= 0.6 is 23.4 Å². The van der Waals surface area contributed by atoms with Gasteiger partial charge in [-0.3, -0.25) is 9.59 Å². The van der Waals surface area contributed by atoms with Gasteiger partial charge in [0.25, 0.3) is 0 Å². The number of rotatable bonds is 9. The third-order valence-electron chi connectivity index (χ3n) is 4.10. The number of likely N-dealkylation sites (N-methyl/N-ethyl adjacent to an activating group) is 1. The van der Waals surface area contributed by atoms with Crippen molar-refractivity contribution in [2.24, 2.45) is 0 Å². The third kappa shape index (κ3) is 6.92. The Hall–Kier alpha value is -1.98. The lowest BCUT2D eigenvalue weighted by Gasteiger charge is -2.28. The summed E-state index contributed by atoms with van der Waals surface area (Å²) in [6.45, 7) is 4.60. The van der Waals surface area contributed by atoms with Gasteiger partial charge in [0.1, 0.15) is 6.04 Å². The van der Waals surface area contributed by atoms with Crippen molar-refractivity contribution >= 4 is 35.2 Å². The Balaban J connectivity index is 2.02. The number of nitrogens with one attached hydrogen (secondary N) is 1. The van der Waals surface area contributed by atoms with Crippen LogP contribution in [0.2, 0.25) is 5.02 Å². The SMILES string of the molecule is CCNC(=O)[C@H](C)N(Cc1ccccc1)C(=O)CSCc1cccc(Cl)c1. The summed E-state index contributed by atoms with van der Waals surface area (Å²) >= 11 is 7.53. The molecule has 1 atom stereocenters. The van der Waals surface area contributed by atoms with Gasteiger partial charge in [0.2, 0.25) is 11.8 Å². The lowest BCUT2D eigenvalue weighted by atomic mass is 10.1. The molecule has 0 heterocycles. The fourth-order valence-electron chi connectivity index (χ4n) is 2.65. The predicted molar refractivity (Wildman–Crippen MR) is 113 cm³/mol. The van der Waals surface area contributed by atoms with E-state index in [2.05, 4.69) is 5.32 Å². The zero-order chi connectivity index (χ0) is 19.6. The smallest absolute Gasteiger partial charge is 0.242 e. The normalized spacial score (nSPS) is 11.7. The second kappa shape index (κ2) is 11.0. The van der Waals surface area contributed by atoms with Gasteiger partial charge in [-0.15, -0.1) is 11.8 Å². The van der Waals surface area contributed by atoms with Crippen molar-refractivity contribution in [3.05, 3.63) is 70.7 Å². The number of carbonyl (C=O) groups excluding carboxylic acids is 2. The molecule has 144 valence electrons. The van der Waals surface area contributed by atoms with E-state index in [1.165, 1.54) is 11.8 Å². The zero-order valence-electron chi connectivity index (χ0n) is 15.7. The first kappa shape index (κ1) is 21.3. The van der Waals surface area contributed by atoms with Crippen LogP contribution in [0.1, 0.15) is 25.0 Å². The summed E-state index contributed by atoms with van der Waals surface area (Å²) in [5.74, 6) is 0.815. The number of thioether (sulfide) groups is 1. The molecule has 1 N–H and O–H groups in total. The van der Waals surface area contributed by atoms with Gasteiger partial charge in [-0.1, -0.05) is 54.1 Å². The number of benzene rings is 2. The first-order chi connectivity index (χ1) is 13.0. The Bertz CT molecular complexity index is 755. The third-order valence-corrected chi connectivity index (χ3v) is 5.32. The van der Waals surface area contributed by atoms with Crippen LogP contribution in [0, 0.1) is 0 Å². The number of amides is 2. The summed E-state index contributed by atoms with van der Waals surface area (Å²) in [5.41, 5.74) is 2.08. The summed E-state index contributed by atoms with van der Waals surface area (Å²) < 4.78 is 0. The van der Waals surface area contributed by atoms with Crippen LogP contribution in [0.25, 0.3) is 0 Å². The number of carbonyl (C=O) groups is 2. The van der Waals surface area contributed by atoms with E-state index < -0.39 is 6.04 Å². The topological polar surface area (TPSA) is 49.4 Å². The van der Waals surface area contributed by atoms with Crippen LogP contribution < -0.4 is 5.32 Å². The molecule has 2 rings (SSSR count). The number of hydrogen-bond donors (Lipinski definition) is 1. The molecule has 0 aliphatic heterocycles. The number of nitrogens with zero attached hydrogens (tertiary/aromatic N) is 1. The van der Waals surface area contributed by atoms with Crippen molar-refractivity contribution < 1.29 is 9.59 Å². The summed E-state index contributed by atoms with van der Waals surface area (Å²) in [5, 5.41) is 3.49. The van der Waals surface area contributed by atoms with E-state index in [0.29, 0.717) is 29.6 Å². The van der Waals surface area contributed by atoms with Gasteiger partial charge in [-0.25, -0.2) is 0 Å². The lowest BCUT2D eigenvalue weighted by Crippen LogP contribution is -2.48. The highest BCUT2D eigenvalue weighted by Crippen LogP contribution is 2.18. The van der Waals surface area contributed by atoms with Gasteiger partial charge >= 0.3 is 0 Å². The standard InChI is InChI=1S/C21H25ClN2O2S/c1-3-23-21(26)16(2)24(13-17-8-5-4-6-9-17)20(25)15-27-14-18-10-7-11-19(22)12-18/h4-12,16H,3,13-15H2,1-2H3,(H,23,26)/t16-/m0/s1. The molecule has 4 nitrogen and oxygen atoms in total. The Kier molecular flexibility index (Phi) is 8.69. The predicted octanol–water partition coefficient (Wildman–Crippen LogP) is 4.13. The average Bonchev–Trinajstić information content (AvgIpc) is 2.66. The molecular weight excluding hydrogens is 380 g/mol. The molecule has 0 fully saturated rings. The lowest BCUT2D eigenvalue weighted by molar-refractivity contribution is -0.138. The molecule has 6 heteroatoms. The number of hydrogen-bond acceptors (Lipinski definition) is 3. The highest BCUT2D eigenvalue weighted by molar-refractivity contribution is 7.99. The summed E-state index contributed by atoms with van der Waals surface area (Å²) in [7, 11) is 0.